The Morgan fingerprint density at radius 2 is 1.83 bits per heavy atom. The molecule has 0 unspecified atom stereocenters. The number of Topliss-reactive ketones (excluding diaryl/α,β-unsaturated/α-hetero) is 1. The first kappa shape index (κ1) is 19.8. The highest BCUT2D eigenvalue weighted by atomic mass is 16.5. The van der Waals surface area contributed by atoms with Crippen LogP contribution in [0.25, 0.3) is 0 Å². The van der Waals surface area contributed by atoms with Gasteiger partial charge < -0.3 is 14.9 Å². The lowest BCUT2D eigenvalue weighted by atomic mass is 10.0. The average Bonchev–Trinajstić information content (AvgIpc) is 2.46. The van der Waals surface area contributed by atoms with Crippen molar-refractivity contribution in [2.75, 3.05) is 6.61 Å². The van der Waals surface area contributed by atoms with Crippen molar-refractivity contribution in [1.29, 1.82) is 0 Å². The van der Waals surface area contributed by atoms with Gasteiger partial charge in [0, 0.05) is 18.6 Å². The molecule has 4 nitrogen and oxygen atoms in total. The van der Waals surface area contributed by atoms with Crippen molar-refractivity contribution in [3.63, 3.8) is 0 Å². The minimum Gasteiger partial charge on any atom is -0.508 e. The molecule has 0 fully saturated rings. The summed E-state index contributed by atoms with van der Waals surface area (Å²) in [6.07, 6.45) is 7.08. The largest absolute Gasteiger partial charge is 0.508 e. The Hall–Kier alpha value is -2.23. The summed E-state index contributed by atoms with van der Waals surface area (Å²) in [5.74, 6) is -0.332. The standard InChI is InChI=1S/C20H28O4/c1-5-7-17(22)20-18(23)12-16(21)13-19(20)24-11-10-15(4)9-6-8-14(2)3/h8,10,12-13,21,23H,5-7,9,11H2,1-4H3/b15-10+. The fourth-order valence-electron chi connectivity index (χ4n) is 2.30. The molecule has 0 heterocycles. The maximum atomic E-state index is 12.2. The Bertz CT molecular complexity index is 623. The normalized spacial score (nSPS) is 11.2. The smallest absolute Gasteiger partial charge is 0.170 e. The molecule has 24 heavy (non-hydrogen) atoms. The number of phenolic OH excluding ortho intramolecular Hbond substituents is 2. The average molecular weight is 332 g/mol. The molecule has 0 atom stereocenters. The molecule has 0 aliphatic heterocycles. The molecule has 1 aromatic rings. The van der Waals surface area contributed by atoms with Gasteiger partial charge in [0.1, 0.15) is 29.4 Å². The van der Waals surface area contributed by atoms with Crippen molar-refractivity contribution in [1.82, 2.24) is 0 Å². The van der Waals surface area contributed by atoms with Crippen LogP contribution in [0.15, 0.2) is 35.4 Å². The third kappa shape index (κ3) is 6.49. The molecule has 0 aliphatic rings. The Labute approximate surface area is 144 Å². The zero-order valence-corrected chi connectivity index (χ0v) is 15.1. The highest BCUT2D eigenvalue weighted by Crippen LogP contribution is 2.34. The first-order valence-corrected chi connectivity index (χ1v) is 8.36. The number of benzene rings is 1. The van der Waals surface area contributed by atoms with Crippen LogP contribution in [-0.2, 0) is 0 Å². The fraction of sp³-hybridized carbons (Fsp3) is 0.450. The zero-order valence-electron chi connectivity index (χ0n) is 15.1. The van der Waals surface area contributed by atoms with Crippen molar-refractivity contribution >= 4 is 5.78 Å². The first-order valence-electron chi connectivity index (χ1n) is 8.36. The maximum absolute atomic E-state index is 12.2. The molecule has 0 spiro atoms. The molecule has 0 aliphatic carbocycles. The Morgan fingerprint density at radius 3 is 2.46 bits per heavy atom. The van der Waals surface area contributed by atoms with E-state index >= 15 is 0 Å². The van der Waals surface area contributed by atoms with Crippen molar-refractivity contribution in [3.05, 3.63) is 41.0 Å². The van der Waals surface area contributed by atoms with Crippen molar-refractivity contribution < 1.29 is 19.7 Å². The van der Waals surface area contributed by atoms with E-state index in [2.05, 4.69) is 19.9 Å². The Morgan fingerprint density at radius 1 is 1.12 bits per heavy atom. The van der Waals surface area contributed by atoms with Crippen LogP contribution in [0.1, 0.15) is 63.7 Å². The highest BCUT2D eigenvalue weighted by molar-refractivity contribution is 6.01. The molecule has 0 aromatic heterocycles. The summed E-state index contributed by atoms with van der Waals surface area (Å²) in [6, 6.07) is 2.53. The van der Waals surface area contributed by atoms with Gasteiger partial charge in [-0.15, -0.1) is 0 Å². The predicted molar refractivity (Wildman–Crippen MR) is 96.9 cm³/mol. The van der Waals surface area contributed by atoms with E-state index < -0.39 is 0 Å². The second kappa shape index (κ2) is 9.81. The summed E-state index contributed by atoms with van der Waals surface area (Å²) in [6.45, 7) is 8.37. The molecular formula is C20H28O4. The third-order valence-corrected chi connectivity index (χ3v) is 3.58. The van der Waals surface area contributed by atoms with Gasteiger partial charge in [-0.3, -0.25) is 4.79 Å². The van der Waals surface area contributed by atoms with Crippen LogP contribution in [0.5, 0.6) is 17.2 Å². The number of phenols is 2. The van der Waals surface area contributed by atoms with E-state index in [0.29, 0.717) is 12.8 Å². The monoisotopic (exact) mass is 332 g/mol. The summed E-state index contributed by atoms with van der Waals surface area (Å²) >= 11 is 0. The first-order chi connectivity index (χ1) is 11.3. The number of ketones is 1. The molecule has 0 saturated carbocycles. The molecular weight excluding hydrogens is 304 g/mol. The molecule has 0 saturated heterocycles. The minimum absolute atomic E-state index is 0.125. The van der Waals surface area contributed by atoms with Crippen LogP contribution in [0.2, 0.25) is 0 Å². The van der Waals surface area contributed by atoms with Gasteiger partial charge >= 0.3 is 0 Å². The summed E-state index contributed by atoms with van der Waals surface area (Å²) < 4.78 is 5.63. The molecule has 0 radical (unpaired) electrons. The summed E-state index contributed by atoms with van der Waals surface area (Å²) in [5, 5.41) is 19.6. The Balaban J connectivity index is 2.80. The number of rotatable bonds is 9. The van der Waals surface area contributed by atoms with Crippen molar-refractivity contribution in [2.45, 2.75) is 53.4 Å². The van der Waals surface area contributed by atoms with Gasteiger partial charge in [-0.05, 0) is 46.1 Å². The number of ether oxygens (including phenoxy) is 1. The van der Waals surface area contributed by atoms with Crippen LogP contribution in [-0.4, -0.2) is 22.6 Å². The SMILES string of the molecule is CCCC(=O)c1c(O)cc(O)cc1OC/C=C(\C)CCC=C(C)C. The quantitative estimate of drug-likeness (QED) is 0.484. The van der Waals surface area contributed by atoms with Crippen LogP contribution >= 0.6 is 0 Å². The van der Waals surface area contributed by atoms with E-state index in [9.17, 15) is 15.0 Å². The molecule has 0 amide bonds. The number of carbonyl (C=O) groups excluding carboxylic acids is 1. The van der Waals surface area contributed by atoms with Gasteiger partial charge in [0.2, 0.25) is 0 Å². The van der Waals surface area contributed by atoms with Gasteiger partial charge in [0.15, 0.2) is 5.78 Å². The van der Waals surface area contributed by atoms with Crippen LogP contribution < -0.4 is 4.74 Å². The number of allylic oxidation sites excluding steroid dienone is 3. The lowest BCUT2D eigenvalue weighted by Crippen LogP contribution is -2.05. The van der Waals surface area contributed by atoms with Crippen LogP contribution in [0.3, 0.4) is 0 Å². The summed E-state index contributed by atoms with van der Waals surface area (Å²) in [4.78, 5) is 12.2. The topological polar surface area (TPSA) is 66.8 Å². The van der Waals surface area contributed by atoms with E-state index in [0.717, 1.165) is 18.9 Å². The number of hydrogen-bond acceptors (Lipinski definition) is 4. The van der Waals surface area contributed by atoms with E-state index in [-0.39, 0.29) is 35.2 Å². The number of carbonyl (C=O) groups is 1. The lowest BCUT2D eigenvalue weighted by molar-refractivity contribution is 0.0975. The fourth-order valence-corrected chi connectivity index (χ4v) is 2.30. The highest BCUT2D eigenvalue weighted by Gasteiger charge is 2.18. The molecule has 1 rings (SSSR count). The maximum Gasteiger partial charge on any atom is 0.170 e. The number of hydrogen-bond donors (Lipinski definition) is 2. The molecule has 4 heteroatoms. The molecule has 0 bridgehead atoms. The lowest BCUT2D eigenvalue weighted by Gasteiger charge is -2.12. The van der Waals surface area contributed by atoms with Crippen molar-refractivity contribution in [2.24, 2.45) is 0 Å². The van der Waals surface area contributed by atoms with E-state index in [1.54, 1.807) is 0 Å². The van der Waals surface area contributed by atoms with Crippen LogP contribution in [0, 0.1) is 0 Å². The summed E-state index contributed by atoms with van der Waals surface area (Å²) in [7, 11) is 0. The van der Waals surface area contributed by atoms with Gasteiger partial charge in [-0.2, -0.15) is 0 Å². The van der Waals surface area contributed by atoms with E-state index in [4.69, 9.17) is 4.74 Å². The van der Waals surface area contributed by atoms with E-state index in [1.807, 2.05) is 19.9 Å². The molecule has 2 N–H and O–H groups in total. The van der Waals surface area contributed by atoms with Gasteiger partial charge in [-0.25, -0.2) is 0 Å². The third-order valence-electron chi connectivity index (χ3n) is 3.58. The summed E-state index contributed by atoms with van der Waals surface area (Å²) in [5.41, 5.74) is 2.64. The van der Waals surface area contributed by atoms with Gasteiger partial charge in [-0.1, -0.05) is 24.1 Å². The Kier molecular flexibility index (Phi) is 8.10. The predicted octanol–water partition coefficient (Wildman–Crippen LogP) is 5.15. The molecule has 132 valence electrons. The van der Waals surface area contributed by atoms with Crippen LogP contribution in [0.4, 0.5) is 0 Å². The van der Waals surface area contributed by atoms with E-state index in [1.165, 1.54) is 17.2 Å². The minimum atomic E-state index is -0.243. The zero-order chi connectivity index (χ0) is 18.1. The van der Waals surface area contributed by atoms with Crippen molar-refractivity contribution in [3.8, 4) is 17.2 Å². The van der Waals surface area contributed by atoms with Gasteiger partial charge in [0.05, 0.1) is 0 Å². The second-order valence-electron chi connectivity index (χ2n) is 6.19. The van der Waals surface area contributed by atoms with Gasteiger partial charge in [0.25, 0.3) is 0 Å². The second-order valence-corrected chi connectivity index (χ2v) is 6.19. The molecule has 1 aromatic carbocycles. The number of aromatic hydroxyl groups is 2.